The Hall–Kier alpha value is -3.40. The molecule has 0 bridgehead atoms. The minimum Gasteiger partial charge on any atom is -0.478 e. The van der Waals surface area contributed by atoms with E-state index >= 15 is 0 Å². The number of aryl methyl sites for hydroxylation is 1. The number of pyridine rings is 1. The first-order valence-corrected chi connectivity index (χ1v) is 9.37. The fourth-order valence-corrected chi connectivity index (χ4v) is 4.45. The van der Waals surface area contributed by atoms with Crippen LogP contribution in [0.15, 0.2) is 67.0 Å². The predicted octanol–water partition coefficient (Wildman–Crippen LogP) is 4.46. The summed E-state index contributed by atoms with van der Waals surface area (Å²) in [6.45, 7) is 4.31. The molecule has 4 aromatic rings. The average molecular weight is 369 g/mol. The number of para-hydroxylation sites is 1. The number of fused-ring (bicyclic) bond motifs is 4. The smallest absolute Gasteiger partial charge is 0.335 e. The Labute approximate surface area is 163 Å². The first-order valence-electron chi connectivity index (χ1n) is 9.37. The molecule has 4 heteroatoms. The van der Waals surface area contributed by atoms with Crippen LogP contribution in [0, 0.1) is 0 Å². The monoisotopic (exact) mass is 369 g/mol. The van der Waals surface area contributed by atoms with E-state index in [9.17, 15) is 9.90 Å². The van der Waals surface area contributed by atoms with Gasteiger partial charge < -0.3 is 9.67 Å². The zero-order chi connectivity index (χ0) is 19.6. The number of aromatic nitrogens is 2. The van der Waals surface area contributed by atoms with Gasteiger partial charge in [-0.3, -0.25) is 0 Å². The quantitative estimate of drug-likeness (QED) is 0.530. The lowest BCUT2D eigenvalue weighted by molar-refractivity contribution is -0.599. The SMILES string of the molecule is Cn1cc(-c2cc[n+]3c(c2)C(C)(C)c2cc(C(=O)O)ccc2-3)c2ccccc21. The number of nitrogens with zero attached hydrogens (tertiary/aromatic N) is 2. The highest BCUT2D eigenvalue weighted by atomic mass is 16.4. The van der Waals surface area contributed by atoms with Crippen molar-refractivity contribution < 1.29 is 14.5 Å². The molecule has 0 atom stereocenters. The predicted molar refractivity (Wildman–Crippen MR) is 109 cm³/mol. The van der Waals surface area contributed by atoms with Crippen molar-refractivity contribution in [1.29, 1.82) is 0 Å². The molecule has 0 saturated carbocycles. The van der Waals surface area contributed by atoms with Crippen molar-refractivity contribution in [3.05, 3.63) is 83.8 Å². The van der Waals surface area contributed by atoms with Crippen molar-refractivity contribution in [3.8, 4) is 16.8 Å². The van der Waals surface area contributed by atoms with Crippen LogP contribution in [0.2, 0.25) is 0 Å². The van der Waals surface area contributed by atoms with Gasteiger partial charge in [0, 0.05) is 53.5 Å². The van der Waals surface area contributed by atoms with Gasteiger partial charge >= 0.3 is 5.97 Å². The molecule has 0 saturated heterocycles. The van der Waals surface area contributed by atoms with E-state index in [0.717, 1.165) is 16.9 Å². The summed E-state index contributed by atoms with van der Waals surface area (Å²) in [6, 6.07) is 18.2. The fourth-order valence-electron chi connectivity index (χ4n) is 4.45. The standard InChI is InChI=1S/C24H20N2O2/c1-24(2)19-12-16(23(27)28)8-9-21(19)26-11-10-15(13-22(24)26)18-14-25(3)20-7-5-4-6-17(18)20/h4-14H,1-3H3/p+1. The van der Waals surface area contributed by atoms with Gasteiger partial charge in [-0.15, -0.1) is 0 Å². The summed E-state index contributed by atoms with van der Waals surface area (Å²) >= 11 is 0. The molecule has 0 aliphatic carbocycles. The van der Waals surface area contributed by atoms with Crippen molar-refractivity contribution in [2.45, 2.75) is 19.3 Å². The number of aromatic carboxylic acids is 1. The molecule has 0 amide bonds. The third-order valence-corrected chi connectivity index (χ3v) is 5.98. The molecule has 138 valence electrons. The van der Waals surface area contributed by atoms with E-state index in [0.29, 0.717) is 5.56 Å². The van der Waals surface area contributed by atoms with Crippen molar-refractivity contribution in [3.63, 3.8) is 0 Å². The molecule has 0 fully saturated rings. The molecule has 1 N–H and O–H groups in total. The highest BCUT2D eigenvalue weighted by Crippen LogP contribution is 2.40. The molecule has 1 aliphatic heterocycles. The third-order valence-electron chi connectivity index (χ3n) is 5.98. The Kier molecular flexibility index (Phi) is 3.32. The van der Waals surface area contributed by atoms with Gasteiger partial charge in [-0.05, 0) is 37.6 Å². The van der Waals surface area contributed by atoms with Gasteiger partial charge in [0.2, 0.25) is 5.69 Å². The molecule has 5 rings (SSSR count). The number of rotatable bonds is 2. The van der Waals surface area contributed by atoms with Crippen molar-refractivity contribution >= 4 is 16.9 Å². The molecule has 0 radical (unpaired) electrons. The summed E-state index contributed by atoms with van der Waals surface area (Å²) in [5.41, 5.74) is 6.89. The molecular weight excluding hydrogens is 348 g/mol. The largest absolute Gasteiger partial charge is 0.478 e. The van der Waals surface area contributed by atoms with E-state index in [2.05, 4.69) is 78.8 Å². The first-order chi connectivity index (χ1) is 13.4. The topological polar surface area (TPSA) is 46.1 Å². The molecule has 2 aromatic heterocycles. The summed E-state index contributed by atoms with van der Waals surface area (Å²) in [5.74, 6) is -0.893. The average Bonchev–Trinajstić information content (AvgIpc) is 3.14. The number of carbonyl (C=O) groups is 1. The lowest BCUT2D eigenvalue weighted by Crippen LogP contribution is -2.34. The number of hydrogen-bond donors (Lipinski definition) is 1. The molecule has 3 heterocycles. The van der Waals surface area contributed by atoms with Gasteiger partial charge in [0.05, 0.1) is 11.0 Å². The van der Waals surface area contributed by atoms with E-state index < -0.39 is 5.97 Å². The Morgan fingerprint density at radius 3 is 2.64 bits per heavy atom. The van der Waals surface area contributed by atoms with E-state index in [4.69, 9.17) is 0 Å². The minimum absolute atomic E-state index is 0.276. The summed E-state index contributed by atoms with van der Waals surface area (Å²) in [6.07, 6.45) is 4.27. The lowest BCUT2D eigenvalue weighted by Gasteiger charge is -2.15. The maximum atomic E-state index is 11.4. The van der Waals surface area contributed by atoms with E-state index in [1.165, 1.54) is 22.0 Å². The lowest BCUT2D eigenvalue weighted by atomic mass is 9.82. The van der Waals surface area contributed by atoms with Gasteiger partial charge in [0.15, 0.2) is 11.9 Å². The highest BCUT2D eigenvalue weighted by Gasteiger charge is 2.44. The van der Waals surface area contributed by atoms with Gasteiger partial charge in [-0.1, -0.05) is 18.2 Å². The second-order valence-electron chi connectivity index (χ2n) is 8.00. The zero-order valence-corrected chi connectivity index (χ0v) is 16.1. The van der Waals surface area contributed by atoms with E-state index in [1.54, 1.807) is 6.07 Å². The third kappa shape index (κ3) is 2.18. The van der Waals surface area contributed by atoms with E-state index in [1.807, 2.05) is 12.1 Å². The van der Waals surface area contributed by atoms with Crippen molar-refractivity contribution in [2.24, 2.45) is 7.05 Å². The number of hydrogen-bond acceptors (Lipinski definition) is 1. The minimum atomic E-state index is -0.893. The maximum Gasteiger partial charge on any atom is 0.335 e. The summed E-state index contributed by atoms with van der Waals surface area (Å²) in [5, 5.41) is 10.6. The second-order valence-corrected chi connectivity index (χ2v) is 8.00. The normalized spacial score (nSPS) is 14.1. The van der Waals surface area contributed by atoms with Crippen molar-refractivity contribution in [1.82, 2.24) is 4.57 Å². The summed E-state index contributed by atoms with van der Waals surface area (Å²) in [7, 11) is 2.07. The number of benzene rings is 2. The Morgan fingerprint density at radius 1 is 1.07 bits per heavy atom. The Morgan fingerprint density at radius 2 is 1.86 bits per heavy atom. The van der Waals surface area contributed by atoms with Crippen LogP contribution in [-0.4, -0.2) is 15.6 Å². The molecule has 1 aliphatic rings. The summed E-state index contributed by atoms with van der Waals surface area (Å²) in [4.78, 5) is 11.4. The maximum absolute atomic E-state index is 11.4. The van der Waals surface area contributed by atoms with Crippen LogP contribution in [0.25, 0.3) is 27.7 Å². The molecular formula is C24H21N2O2+. The molecule has 0 unspecified atom stereocenters. The molecule has 2 aromatic carbocycles. The van der Waals surface area contributed by atoms with Gasteiger partial charge in [-0.2, -0.15) is 4.57 Å². The van der Waals surface area contributed by atoms with Crippen LogP contribution < -0.4 is 4.57 Å². The van der Waals surface area contributed by atoms with Crippen LogP contribution in [-0.2, 0) is 12.5 Å². The van der Waals surface area contributed by atoms with Crippen molar-refractivity contribution in [2.75, 3.05) is 0 Å². The molecule has 28 heavy (non-hydrogen) atoms. The zero-order valence-electron chi connectivity index (χ0n) is 16.1. The Bertz CT molecular complexity index is 1280. The fraction of sp³-hybridized carbons (Fsp3) is 0.167. The molecule has 0 spiro atoms. The Balaban J connectivity index is 1.71. The second kappa shape index (κ2) is 5.55. The highest BCUT2D eigenvalue weighted by molar-refractivity contribution is 5.96. The van der Waals surface area contributed by atoms with Gasteiger partial charge in [-0.25, -0.2) is 4.79 Å². The number of carboxylic acid groups (broad SMARTS) is 1. The van der Waals surface area contributed by atoms with Gasteiger partial charge in [0.25, 0.3) is 0 Å². The van der Waals surface area contributed by atoms with Crippen LogP contribution in [0.1, 0.15) is 35.5 Å². The van der Waals surface area contributed by atoms with Crippen LogP contribution >= 0.6 is 0 Å². The number of carboxylic acids is 1. The van der Waals surface area contributed by atoms with Gasteiger partial charge in [0.1, 0.15) is 0 Å². The van der Waals surface area contributed by atoms with Crippen LogP contribution in [0.3, 0.4) is 0 Å². The molecule has 4 nitrogen and oxygen atoms in total. The van der Waals surface area contributed by atoms with Crippen LogP contribution in [0.5, 0.6) is 0 Å². The van der Waals surface area contributed by atoms with E-state index in [-0.39, 0.29) is 5.41 Å². The van der Waals surface area contributed by atoms with Crippen LogP contribution in [0.4, 0.5) is 0 Å². The first kappa shape index (κ1) is 16.8. The summed E-state index contributed by atoms with van der Waals surface area (Å²) < 4.78 is 4.33.